The first-order valence-electron chi connectivity index (χ1n) is 5.22. The van der Waals surface area contributed by atoms with Crippen LogP contribution in [0.5, 0.6) is 0 Å². The number of carbonyl (C=O) groups excluding carboxylic acids is 2. The van der Waals surface area contributed by atoms with Gasteiger partial charge in [0, 0.05) is 18.9 Å². The van der Waals surface area contributed by atoms with Crippen molar-refractivity contribution in [3.8, 4) is 0 Å². The summed E-state index contributed by atoms with van der Waals surface area (Å²) in [6, 6.07) is -0.492. The van der Waals surface area contributed by atoms with Crippen LogP contribution in [0.15, 0.2) is 4.99 Å². The van der Waals surface area contributed by atoms with E-state index in [0.29, 0.717) is 25.9 Å². The Morgan fingerprint density at radius 1 is 1.81 bits per heavy atom. The van der Waals surface area contributed by atoms with E-state index in [-0.39, 0.29) is 11.8 Å². The third kappa shape index (κ3) is 2.87. The Kier molecular flexibility index (Phi) is 4.58. The molecule has 0 aromatic carbocycles. The van der Waals surface area contributed by atoms with Crippen molar-refractivity contribution in [1.29, 1.82) is 0 Å². The Hall–Kier alpha value is -1.26. The normalized spacial score (nSPS) is 21.7. The van der Waals surface area contributed by atoms with Crippen LogP contribution >= 0.6 is 12.2 Å². The Labute approximate surface area is 99.7 Å². The topological polar surface area (TPSA) is 75.8 Å². The lowest BCUT2D eigenvalue weighted by Crippen LogP contribution is -2.45. The third-order valence-corrected chi connectivity index (χ3v) is 2.87. The lowest BCUT2D eigenvalue weighted by molar-refractivity contribution is -0.136. The van der Waals surface area contributed by atoms with Crippen molar-refractivity contribution in [2.24, 2.45) is 16.6 Å². The molecule has 1 unspecified atom stereocenters. The van der Waals surface area contributed by atoms with Gasteiger partial charge in [-0.1, -0.05) is 6.92 Å². The highest BCUT2D eigenvalue weighted by Gasteiger charge is 2.35. The van der Waals surface area contributed by atoms with Crippen LogP contribution in [0.4, 0.5) is 0 Å². The smallest absolute Gasteiger partial charge is 0.240 e. The number of rotatable bonds is 5. The van der Waals surface area contributed by atoms with E-state index in [2.05, 4.69) is 22.4 Å². The minimum Gasteiger partial charge on any atom is -0.368 e. The van der Waals surface area contributed by atoms with E-state index in [1.54, 1.807) is 4.90 Å². The van der Waals surface area contributed by atoms with Crippen LogP contribution in [0.2, 0.25) is 0 Å². The molecule has 0 aromatic heterocycles. The number of amides is 2. The van der Waals surface area contributed by atoms with Crippen LogP contribution in [0, 0.1) is 5.92 Å². The second kappa shape index (κ2) is 5.72. The van der Waals surface area contributed by atoms with Crippen molar-refractivity contribution in [3.05, 3.63) is 0 Å². The number of nitrogens with two attached hydrogens (primary N) is 1. The molecule has 1 aliphatic heterocycles. The molecule has 2 atom stereocenters. The number of carbonyl (C=O) groups is 2. The van der Waals surface area contributed by atoms with Crippen molar-refractivity contribution in [1.82, 2.24) is 4.90 Å². The summed E-state index contributed by atoms with van der Waals surface area (Å²) in [6.45, 7) is 2.85. The Balaban J connectivity index is 2.66. The van der Waals surface area contributed by atoms with Crippen LogP contribution in [0.1, 0.15) is 19.8 Å². The van der Waals surface area contributed by atoms with Gasteiger partial charge in [0.2, 0.25) is 11.8 Å². The SMILES string of the molecule is CC[C@@H](C(N)=O)N1CC(CN=C=S)CC1=O. The van der Waals surface area contributed by atoms with Crippen molar-refractivity contribution >= 4 is 29.2 Å². The number of hydrogen-bond donors (Lipinski definition) is 1. The molecule has 0 saturated carbocycles. The zero-order valence-electron chi connectivity index (χ0n) is 9.18. The molecule has 0 aliphatic carbocycles. The van der Waals surface area contributed by atoms with Crippen molar-refractivity contribution in [2.75, 3.05) is 13.1 Å². The van der Waals surface area contributed by atoms with E-state index in [1.165, 1.54) is 0 Å². The Morgan fingerprint density at radius 3 is 3.00 bits per heavy atom. The second-order valence-corrected chi connectivity index (χ2v) is 4.06. The lowest BCUT2D eigenvalue weighted by atomic mass is 10.1. The average Bonchev–Trinajstić information content (AvgIpc) is 2.58. The minimum atomic E-state index is -0.492. The molecule has 1 fully saturated rings. The van der Waals surface area contributed by atoms with Crippen LogP contribution in [-0.2, 0) is 9.59 Å². The molecule has 0 bridgehead atoms. The average molecular weight is 241 g/mol. The van der Waals surface area contributed by atoms with E-state index in [1.807, 2.05) is 6.92 Å². The zero-order chi connectivity index (χ0) is 12.1. The van der Waals surface area contributed by atoms with Gasteiger partial charge >= 0.3 is 0 Å². The molecule has 2 N–H and O–H groups in total. The monoisotopic (exact) mass is 241 g/mol. The van der Waals surface area contributed by atoms with Crippen LogP contribution < -0.4 is 5.73 Å². The summed E-state index contributed by atoms with van der Waals surface area (Å²) in [4.78, 5) is 28.2. The fourth-order valence-corrected chi connectivity index (χ4v) is 2.05. The van der Waals surface area contributed by atoms with Crippen molar-refractivity contribution < 1.29 is 9.59 Å². The first kappa shape index (κ1) is 12.8. The molecule has 88 valence electrons. The molecule has 1 heterocycles. The molecule has 1 rings (SSSR count). The lowest BCUT2D eigenvalue weighted by Gasteiger charge is -2.24. The van der Waals surface area contributed by atoms with Gasteiger partial charge < -0.3 is 10.6 Å². The number of aliphatic imine (C=N–C) groups is 1. The molecule has 6 heteroatoms. The van der Waals surface area contributed by atoms with Gasteiger partial charge in [-0.15, -0.1) is 0 Å². The van der Waals surface area contributed by atoms with Gasteiger partial charge in [0.15, 0.2) is 0 Å². The number of nitrogens with zero attached hydrogens (tertiary/aromatic N) is 2. The Morgan fingerprint density at radius 2 is 2.50 bits per heavy atom. The fourth-order valence-electron chi connectivity index (χ4n) is 1.97. The molecule has 0 radical (unpaired) electrons. The summed E-state index contributed by atoms with van der Waals surface area (Å²) >= 11 is 4.47. The zero-order valence-corrected chi connectivity index (χ0v) is 10.00. The minimum absolute atomic E-state index is 0.0322. The molecule has 0 aromatic rings. The van der Waals surface area contributed by atoms with Gasteiger partial charge in [-0.2, -0.15) is 0 Å². The number of thiocarbonyl (C=S) groups is 1. The van der Waals surface area contributed by atoms with Gasteiger partial charge in [0.1, 0.15) is 6.04 Å². The number of likely N-dealkylation sites (tertiary alicyclic amines) is 1. The second-order valence-electron chi connectivity index (χ2n) is 3.87. The first-order chi connectivity index (χ1) is 7.60. The summed E-state index contributed by atoms with van der Waals surface area (Å²) in [5.74, 6) is -0.360. The van der Waals surface area contributed by atoms with Gasteiger partial charge in [0.05, 0.1) is 11.7 Å². The quantitative estimate of drug-likeness (QED) is 0.552. The highest BCUT2D eigenvalue weighted by atomic mass is 32.1. The van der Waals surface area contributed by atoms with Crippen LogP contribution in [0.25, 0.3) is 0 Å². The van der Waals surface area contributed by atoms with E-state index in [4.69, 9.17) is 5.73 Å². The molecule has 2 amide bonds. The molecular formula is C10H15N3O2S. The predicted molar refractivity (Wildman–Crippen MR) is 63.0 cm³/mol. The van der Waals surface area contributed by atoms with E-state index in [0.717, 1.165) is 0 Å². The summed E-state index contributed by atoms with van der Waals surface area (Å²) in [5, 5.41) is 2.28. The maximum Gasteiger partial charge on any atom is 0.240 e. The molecule has 1 saturated heterocycles. The maximum absolute atomic E-state index is 11.7. The summed E-state index contributed by atoms with van der Waals surface area (Å²) < 4.78 is 0. The molecule has 16 heavy (non-hydrogen) atoms. The molecule has 0 spiro atoms. The highest BCUT2D eigenvalue weighted by molar-refractivity contribution is 7.78. The van der Waals surface area contributed by atoms with Crippen LogP contribution in [0.3, 0.4) is 0 Å². The van der Waals surface area contributed by atoms with Gasteiger partial charge in [-0.3, -0.25) is 9.59 Å². The van der Waals surface area contributed by atoms with Crippen molar-refractivity contribution in [3.63, 3.8) is 0 Å². The first-order valence-corrected chi connectivity index (χ1v) is 5.63. The summed E-state index contributed by atoms with van der Waals surface area (Å²) in [7, 11) is 0. The van der Waals surface area contributed by atoms with Crippen LogP contribution in [-0.4, -0.2) is 41.0 Å². The summed E-state index contributed by atoms with van der Waals surface area (Å²) in [5.41, 5.74) is 5.25. The molecule has 1 aliphatic rings. The fraction of sp³-hybridized carbons (Fsp3) is 0.700. The van der Waals surface area contributed by atoms with Gasteiger partial charge in [0.25, 0.3) is 0 Å². The molecule has 5 nitrogen and oxygen atoms in total. The van der Waals surface area contributed by atoms with E-state index < -0.39 is 11.9 Å². The van der Waals surface area contributed by atoms with Gasteiger partial charge in [-0.25, -0.2) is 4.99 Å². The number of primary amides is 1. The summed E-state index contributed by atoms with van der Waals surface area (Å²) in [6.07, 6.45) is 0.953. The van der Waals surface area contributed by atoms with Crippen molar-refractivity contribution in [2.45, 2.75) is 25.8 Å². The van der Waals surface area contributed by atoms with Gasteiger partial charge in [-0.05, 0) is 18.6 Å². The van der Waals surface area contributed by atoms with E-state index in [9.17, 15) is 9.59 Å². The highest BCUT2D eigenvalue weighted by Crippen LogP contribution is 2.21. The maximum atomic E-state index is 11.7. The predicted octanol–water partition coefficient (Wildman–Crippen LogP) is 0.202. The number of hydrogen-bond acceptors (Lipinski definition) is 4. The Bertz CT molecular complexity index is 339. The van der Waals surface area contributed by atoms with E-state index >= 15 is 0 Å². The third-order valence-electron chi connectivity index (χ3n) is 2.74. The number of isothiocyanates is 1. The molecular weight excluding hydrogens is 226 g/mol. The largest absolute Gasteiger partial charge is 0.368 e. The standard InChI is InChI=1S/C10H15N3O2S/c1-2-8(10(11)15)13-5-7(3-9(13)14)4-12-6-16/h7-8H,2-5H2,1H3,(H2,11,15)/t7?,8-/m0/s1.